The fraction of sp³-hybridized carbons (Fsp3) is 0.300. The SMILES string of the molecule is O=C1N[C@@H](c2cc(F)cc(Cl)c2)C(F)(F)CO1. The zero-order chi connectivity index (χ0) is 12.6. The third kappa shape index (κ3) is 2.46. The van der Waals surface area contributed by atoms with Crippen LogP contribution in [0.1, 0.15) is 11.6 Å². The Morgan fingerprint density at radius 2 is 2.12 bits per heavy atom. The molecule has 0 spiro atoms. The maximum absolute atomic E-state index is 13.5. The molecule has 1 heterocycles. The highest BCUT2D eigenvalue weighted by Gasteiger charge is 2.46. The number of rotatable bonds is 1. The van der Waals surface area contributed by atoms with Crippen LogP contribution in [0.2, 0.25) is 5.02 Å². The number of alkyl carbamates (subject to hydrolysis) is 1. The summed E-state index contributed by atoms with van der Waals surface area (Å²) in [5, 5.41) is 1.92. The van der Waals surface area contributed by atoms with E-state index in [1.54, 1.807) is 0 Å². The molecule has 1 amide bonds. The van der Waals surface area contributed by atoms with E-state index in [4.69, 9.17) is 11.6 Å². The van der Waals surface area contributed by atoms with E-state index in [1.165, 1.54) is 6.07 Å². The summed E-state index contributed by atoms with van der Waals surface area (Å²) < 4.78 is 44.2. The Balaban J connectivity index is 2.39. The number of carbonyl (C=O) groups is 1. The van der Waals surface area contributed by atoms with Crippen LogP contribution in [-0.4, -0.2) is 18.6 Å². The van der Waals surface area contributed by atoms with Gasteiger partial charge in [-0.3, -0.25) is 0 Å². The molecule has 0 bridgehead atoms. The fourth-order valence-electron chi connectivity index (χ4n) is 1.58. The van der Waals surface area contributed by atoms with E-state index >= 15 is 0 Å². The van der Waals surface area contributed by atoms with Crippen molar-refractivity contribution < 1.29 is 22.7 Å². The van der Waals surface area contributed by atoms with Crippen molar-refractivity contribution >= 4 is 17.7 Å². The average molecular weight is 266 g/mol. The number of halogens is 4. The van der Waals surface area contributed by atoms with Gasteiger partial charge in [-0.15, -0.1) is 0 Å². The van der Waals surface area contributed by atoms with Gasteiger partial charge in [0.25, 0.3) is 0 Å². The first-order valence-corrected chi connectivity index (χ1v) is 5.03. The third-order valence-electron chi connectivity index (χ3n) is 2.30. The topological polar surface area (TPSA) is 38.3 Å². The highest BCUT2D eigenvalue weighted by Crippen LogP contribution is 2.35. The van der Waals surface area contributed by atoms with Crippen molar-refractivity contribution in [1.29, 1.82) is 0 Å². The minimum atomic E-state index is -3.31. The van der Waals surface area contributed by atoms with Crippen LogP contribution >= 0.6 is 11.6 Å². The normalized spacial score (nSPS) is 22.8. The summed E-state index contributed by atoms with van der Waals surface area (Å²) in [5.41, 5.74) is -0.100. The average Bonchev–Trinajstić information content (AvgIpc) is 2.20. The molecule has 2 rings (SSSR count). The summed E-state index contributed by atoms with van der Waals surface area (Å²) in [6.45, 7) is -1.04. The van der Waals surface area contributed by atoms with Crippen LogP contribution in [0.25, 0.3) is 0 Å². The molecule has 1 N–H and O–H groups in total. The highest BCUT2D eigenvalue weighted by molar-refractivity contribution is 6.30. The van der Waals surface area contributed by atoms with Crippen molar-refractivity contribution in [2.75, 3.05) is 6.61 Å². The second kappa shape index (κ2) is 4.10. The van der Waals surface area contributed by atoms with Crippen molar-refractivity contribution in [2.24, 2.45) is 0 Å². The minimum Gasteiger partial charge on any atom is -0.443 e. The van der Waals surface area contributed by atoms with Crippen molar-refractivity contribution in [1.82, 2.24) is 5.32 Å². The molecule has 1 saturated heterocycles. The van der Waals surface area contributed by atoms with E-state index in [0.717, 1.165) is 12.1 Å². The molecule has 1 aromatic carbocycles. The Morgan fingerprint density at radius 1 is 1.41 bits per heavy atom. The van der Waals surface area contributed by atoms with Gasteiger partial charge in [-0.1, -0.05) is 11.6 Å². The fourth-order valence-corrected chi connectivity index (χ4v) is 1.81. The van der Waals surface area contributed by atoms with Crippen LogP contribution in [0.5, 0.6) is 0 Å². The van der Waals surface area contributed by atoms with Gasteiger partial charge in [0.05, 0.1) is 0 Å². The lowest BCUT2D eigenvalue weighted by Gasteiger charge is -2.31. The molecule has 0 saturated carbocycles. The van der Waals surface area contributed by atoms with Gasteiger partial charge in [-0.25, -0.2) is 18.0 Å². The van der Waals surface area contributed by atoms with E-state index in [2.05, 4.69) is 4.74 Å². The molecular formula is C10H7ClF3NO2. The van der Waals surface area contributed by atoms with E-state index in [9.17, 15) is 18.0 Å². The number of carbonyl (C=O) groups excluding carboxylic acids is 1. The van der Waals surface area contributed by atoms with Gasteiger partial charge < -0.3 is 10.1 Å². The zero-order valence-electron chi connectivity index (χ0n) is 8.34. The molecule has 1 aromatic rings. The lowest BCUT2D eigenvalue weighted by Crippen LogP contribution is -2.49. The Labute approximate surface area is 99.5 Å². The van der Waals surface area contributed by atoms with Crippen LogP contribution in [-0.2, 0) is 4.74 Å². The molecule has 0 aromatic heterocycles. The molecule has 0 radical (unpaired) electrons. The Bertz CT molecular complexity index is 447. The molecule has 3 nitrogen and oxygen atoms in total. The maximum Gasteiger partial charge on any atom is 0.408 e. The van der Waals surface area contributed by atoms with Gasteiger partial charge in [0.1, 0.15) is 11.9 Å². The van der Waals surface area contributed by atoms with Gasteiger partial charge in [-0.2, -0.15) is 0 Å². The minimum absolute atomic E-state index is 0.0171. The standard InChI is InChI=1S/C10H7ClF3NO2/c11-6-1-5(2-7(12)3-6)8-10(13,14)4-17-9(16)15-8/h1-3,8H,4H2,(H,15,16)/t8-/m0/s1. The van der Waals surface area contributed by atoms with Gasteiger partial charge in [-0.05, 0) is 23.8 Å². The summed E-state index contributed by atoms with van der Waals surface area (Å²) in [6.07, 6.45) is -0.971. The molecule has 17 heavy (non-hydrogen) atoms. The van der Waals surface area contributed by atoms with Crippen LogP contribution in [0.4, 0.5) is 18.0 Å². The molecule has 0 aliphatic carbocycles. The van der Waals surface area contributed by atoms with Gasteiger partial charge in [0.2, 0.25) is 0 Å². The summed E-state index contributed by atoms with van der Waals surface area (Å²) in [7, 11) is 0. The molecule has 7 heteroatoms. The largest absolute Gasteiger partial charge is 0.443 e. The van der Waals surface area contributed by atoms with E-state index in [-0.39, 0.29) is 10.6 Å². The van der Waals surface area contributed by atoms with Gasteiger partial charge in [0, 0.05) is 5.02 Å². The molecule has 0 unspecified atom stereocenters. The van der Waals surface area contributed by atoms with E-state index in [0.29, 0.717) is 0 Å². The number of hydrogen-bond donors (Lipinski definition) is 1. The third-order valence-corrected chi connectivity index (χ3v) is 2.52. The van der Waals surface area contributed by atoms with Crippen molar-refractivity contribution in [3.8, 4) is 0 Å². The number of nitrogens with one attached hydrogen (secondary N) is 1. The Kier molecular flexibility index (Phi) is 2.91. The number of benzene rings is 1. The number of alkyl halides is 2. The number of hydrogen-bond acceptors (Lipinski definition) is 2. The van der Waals surface area contributed by atoms with Crippen LogP contribution in [0, 0.1) is 5.82 Å². The number of ether oxygens (including phenoxy) is 1. The number of cyclic esters (lactones) is 1. The lowest BCUT2D eigenvalue weighted by molar-refractivity contribution is -0.104. The first-order chi connectivity index (χ1) is 7.88. The van der Waals surface area contributed by atoms with Crippen molar-refractivity contribution in [3.05, 3.63) is 34.6 Å². The van der Waals surface area contributed by atoms with Crippen LogP contribution in [0.15, 0.2) is 18.2 Å². The zero-order valence-corrected chi connectivity index (χ0v) is 9.10. The predicted octanol–water partition coefficient (Wildman–Crippen LogP) is 2.90. The second-order valence-corrected chi connectivity index (χ2v) is 4.05. The first-order valence-electron chi connectivity index (χ1n) is 4.65. The Morgan fingerprint density at radius 3 is 2.76 bits per heavy atom. The summed E-state index contributed by atoms with van der Waals surface area (Å²) in [4.78, 5) is 10.9. The number of amides is 1. The smallest absolute Gasteiger partial charge is 0.408 e. The molecule has 1 atom stereocenters. The molecular weight excluding hydrogens is 259 g/mol. The van der Waals surface area contributed by atoms with Gasteiger partial charge in [0.15, 0.2) is 6.61 Å². The maximum atomic E-state index is 13.5. The van der Waals surface area contributed by atoms with Crippen molar-refractivity contribution in [3.63, 3.8) is 0 Å². The molecule has 92 valence electrons. The second-order valence-electron chi connectivity index (χ2n) is 3.62. The molecule has 1 aliphatic heterocycles. The highest BCUT2D eigenvalue weighted by atomic mass is 35.5. The quantitative estimate of drug-likeness (QED) is 0.848. The molecule has 1 aliphatic rings. The predicted molar refractivity (Wildman–Crippen MR) is 53.6 cm³/mol. The van der Waals surface area contributed by atoms with E-state index < -0.39 is 30.5 Å². The first kappa shape index (κ1) is 12.0. The summed E-state index contributed by atoms with van der Waals surface area (Å²) in [6, 6.07) is 1.42. The summed E-state index contributed by atoms with van der Waals surface area (Å²) in [5.74, 6) is -4.06. The Hall–Kier alpha value is -1.43. The monoisotopic (exact) mass is 265 g/mol. The molecule has 1 fully saturated rings. The van der Waals surface area contributed by atoms with Crippen molar-refractivity contribution in [2.45, 2.75) is 12.0 Å². The summed E-state index contributed by atoms with van der Waals surface area (Å²) >= 11 is 5.57. The van der Waals surface area contributed by atoms with Gasteiger partial charge >= 0.3 is 12.0 Å². The van der Waals surface area contributed by atoms with E-state index in [1.807, 2.05) is 5.32 Å². The van der Waals surface area contributed by atoms with Crippen LogP contribution < -0.4 is 5.32 Å². The lowest BCUT2D eigenvalue weighted by atomic mass is 10.00. The van der Waals surface area contributed by atoms with Crippen LogP contribution in [0.3, 0.4) is 0 Å².